The van der Waals surface area contributed by atoms with E-state index in [2.05, 4.69) is 10.4 Å². The highest BCUT2D eigenvalue weighted by molar-refractivity contribution is 5.92. The molecule has 5 nitrogen and oxygen atoms in total. The number of rotatable bonds is 2. The smallest absolute Gasteiger partial charge is 0.271 e. The molecule has 1 aliphatic heterocycles. The Labute approximate surface area is 111 Å². The number of carbonyl (C=O) groups is 1. The summed E-state index contributed by atoms with van der Waals surface area (Å²) in [5, 5.41) is 6.90. The standard InChI is InChI=1S/C14H15N3O2/c1-15-14(18)12-7-11-9-19-13(8-17(11)16-12)10-5-3-2-4-6-10/h2-7,13H,8-9H2,1H3,(H,15,18). The van der Waals surface area contributed by atoms with E-state index in [4.69, 9.17) is 4.74 Å². The Kier molecular flexibility index (Phi) is 3.05. The Morgan fingerprint density at radius 1 is 1.42 bits per heavy atom. The monoisotopic (exact) mass is 257 g/mol. The van der Waals surface area contributed by atoms with Crippen LogP contribution in [0.3, 0.4) is 0 Å². The highest BCUT2D eigenvalue weighted by atomic mass is 16.5. The van der Waals surface area contributed by atoms with Gasteiger partial charge in [0.2, 0.25) is 0 Å². The summed E-state index contributed by atoms with van der Waals surface area (Å²) >= 11 is 0. The van der Waals surface area contributed by atoms with E-state index in [-0.39, 0.29) is 12.0 Å². The van der Waals surface area contributed by atoms with Crippen molar-refractivity contribution >= 4 is 5.91 Å². The summed E-state index contributed by atoms with van der Waals surface area (Å²) in [6.07, 6.45) is -0.00821. The molecule has 1 atom stereocenters. The largest absolute Gasteiger partial charge is 0.365 e. The van der Waals surface area contributed by atoms with Crippen LogP contribution in [0.4, 0.5) is 0 Å². The second-order valence-electron chi connectivity index (χ2n) is 4.49. The van der Waals surface area contributed by atoms with Gasteiger partial charge in [0, 0.05) is 7.05 Å². The molecule has 2 aromatic rings. The lowest BCUT2D eigenvalue weighted by Crippen LogP contribution is -2.22. The molecular formula is C14H15N3O2. The first kappa shape index (κ1) is 11.9. The van der Waals surface area contributed by atoms with E-state index in [1.807, 2.05) is 35.0 Å². The van der Waals surface area contributed by atoms with Gasteiger partial charge in [-0.3, -0.25) is 9.48 Å². The molecule has 5 heteroatoms. The van der Waals surface area contributed by atoms with Crippen LogP contribution in [0.2, 0.25) is 0 Å². The molecule has 0 saturated heterocycles. The van der Waals surface area contributed by atoms with Gasteiger partial charge in [-0.2, -0.15) is 5.10 Å². The van der Waals surface area contributed by atoms with Gasteiger partial charge >= 0.3 is 0 Å². The molecule has 19 heavy (non-hydrogen) atoms. The van der Waals surface area contributed by atoms with Crippen LogP contribution in [-0.4, -0.2) is 22.7 Å². The second-order valence-corrected chi connectivity index (χ2v) is 4.49. The Morgan fingerprint density at radius 2 is 2.21 bits per heavy atom. The van der Waals surface area contributed by atoms with E-state index in [1.165, 1.54) is 0 Å². The van der Waals surface area contributed by atoms with Crippen molar-refractivity contribution in [1.29, 1.82) is 0 Å². The van der Waals surface area contributed by atoms with Gasteiger partial charge < -0.3 is 10.1 Å². The molecule has 1 aromatic heterocycles. The Hall–Kier alpha value is -2.14. The van der Waals surface area contributed by atoms with E-state index < -0.39 is 0 Å². The Morgan fingerprint density at radius 3 is 2.95 bits per heavy atom. The number of fused-ring (bicyclic) bond motifs is 1. The molecular weight excluding hydrogens is 242 g/mol. The molecule has 1 amide bonds. The van der Waals surface area contributed by atoms with Crippen LogP contribution in [0.25, 0.3) is 0 Å². The third-order valence-electron chi connectivity index (χ3n) is 3.27. The molecule has 1 aliphatic rings. The molecule has 0 radical (unpaired) electrons. The first-order valence-corrected chi connectivity index (χ1v) is 6.23. The van der Waals surface area contributed by atoms with Gasteiger partial charge in [0.15, 0.2) is 5.69 Å². The fraction of sp³-hybridized carbons (Fsp3) is 0.286. The summed E-state index contributed by atoms with van der Waals surface area (Å²) < 4.78 is 7.68. The van der Waals surface area contributed by atoms with Gasteiger partial charge in [-0.05, 0) is 11.6 Å². The molecule has 1 N–H and O–H groups in total. The minimum absolute atomic E-state index is 0.00821. The van der Waals surface area contributed by atoms with Gasteiger partial charge in [0.05, 0.1) is 18.8 Å². The molecule has 0 spiro atoms. The highest BCUT2D eigenvalue weighted by Gasteiger charge is 2.23. The van der Waals surface area contributed by atoms with Crippen LogP contribution in [0, 0.1) is 0 Å². The quantitative estimate of drug-likeness (QED) is 0.887. The molecule has 0 saturated carbocycles. The van der Waals surface area contributed by atoms with Crippen molar-refractivity contribution in [1.82, 2.24) is 15.1 Å². The van der Waals surface area contributed by atoms with Crippen molar-refractivity contribution in [2.75, 3.05) is 7.05 Å². The molecule has 1 unspecified atom stereocenters. The average molecular weight is 257 g/mol. The van der Waals surface area contributed by atoms with Crippen LogP contribution in [0.5, 0.6) is 0 Å². The van der Waals surface area contributed by atoms with Gasteiger partial charge in [0.1, 0.15) is 6.10 Å². The van der Waals surface area contributed by atoms with Crippen LogP contribution in [0.1, 0.15) is 27.8 Å². The minimum atomic E-state index is -0.168. The molecule has 3 rings (SSSR count). The van der Waals surface area contributed by atoms with Crippen molar-refractivity contribution in [2.45, 2.75) is 19.3 Å². The number of hydrogen-bond acceptors (Lipinski definition) is 3. The molecule has 2 heterocycles. The predicted molar refractivity (Wildman–Crippen MR) is 69.6 cm³/mol. The zero-order valence-electron chi connectivity index (χ0n) is 10.7. The van der Waals surface area contributed by atoms with Crippen molar-refractivity contribution < 1.29 is 9.53 Å². The summed E-state index contributed by atoms with van der Waals surface area (Å²) in [6.45, 7) is 1.11. The summed E-state index contributed by atoms with van der Waals surface area (Å²) in [5.74, 6) is -0.168. The number of aromatic nitrogens is 2. The van der Waals surface area contributed by atoms with Gasteiger partial charge in [-0.1, -0.05) is 30.3 Å². The lowest BCUT2D eigenvalue weighted by atomic mass is 10.1. The topological polar surface area (TPSA) is 56.2 Å². The molecule has 0 bridgehead atoms. The summed E-state index contributed by atoms with van der Waals surface area (Å²) in [7, 11) is 1.60. The van der Waals surface area contributed by atoms with Crippen molar-refractivity contribution in [2.24, 2.45) is 0 Å². The normalized spacial score (nSPS) is 17.8. The van der Waals surface area contributed by atoms with Crippen LogP contribution in [-0.2, 0) is 17.9 Å². The SMILES string of the molecule is CNC(=O)c1cc2n(n1)CC(c1ccccc1)OC2. The average Bonchev–Trinajstić information content (AvgIpc) is 2.90. The maximum atomic E-state index is 11.6. The first-order valence-electron chi connectivity index (χ1n) is 6.23. The maximum Gasteiger partial charge on any atom is 0.271 e. The van der Waals surface area contributed by atoms with E-state index in [0.29, 0.717) is 18.8 Å². The van der Waals surface area contributed by atoms with Crippen molar-refractivity contribution in [3.8, 4) is 0 Å². The van der Waals surface area contributed by atoms with Crippen molar-refractivity contribution in [3.05, 3.63) is 53.3 Å². The number of hydrogen-bond donors (Lipinski definition) is 1. The maximum absolute atomic E-state index is 11.6. The number of ether oxygens (including phenoxy) is 1. The zero-order chi connectivity index (χ0) is 13.2. The molecule has 0 fully saturated rings. The van der Waals surface area contributed by atoms with E-state index in [0.717, 1.165) is 11.3 Å². The zero-order valence-corrected chi connectivity index (χ0v) is 10.7. The predicted octanol–water partition coefficient (Wildman–Crippen LogP) is 1.51. The number of nitrogens with one attached hydrogen (secondary N) is 1. The minimum Gasteiger partial charge on any atom is -0.365 e. The van der Waals surface area contributed by atoms with Gasteiger partial charge in [-0.25, -0.2) is 0 Å². The Bertz CT molecular complexity index is 592. The second kappa shape index (κ2) is 4.85. The molecule has 0 aliphatic carbocycles. The lowest BCUT2D eigenvalue weighted by molar-refractivity contribution is -0.00119. The highest BCUT2D eigenvalue weighted by Crippen LogP contribution is 2.26. The lowest BCUT2D eigenvalue weighted by Gasteiger charge is -2.24. The van der Waals surface area contributed by atoms with Crippen LogP contribution >= 0.6 is 0 Å². The summed E-state index contributed by atoms with van der Waals surface area (Å²) in [6, 6.07) is 11.8. The van der Waals surface area contributed by atoms with Crippen LogP contribution < -0.4 is 5.32 Å². The number of amides is 1. The molecule has 1 aromatic carbocycles. The van der Waals surface area contributed by atoms with Gasteiger partial charge in [-0.15, -0.1) is 0 Å². The Balaban J connectivity index is 1.84. The number of carbonyl (C=O) groups excluding carboxylic acids is 1. The third-order valence-corrected chi connectivity index (χ3v) is 3.27. The fourth-order valence-corrected chi connectivity index (χ4v) is 2.23. The summed E-state index contributed by atoms with van der Waals surface area (Å²) in [4.78, 5) is 11.6. The molecule has 98 valence electrons. The first-order chi connectivity index (χ1) is 9.28. The van der Waals surface area contributed by atoms with E-state index >= 15 is 0 Å². The van der Waals surface area contributed by atoms with Gasteiger partial charge in [0.25, 0.3) is 5.91 Å². The van der Waals surface area contributed by atoms with E-state index in [1.54, 1.807) is 13.1 Å². The third kappa shape index (κ3) is 2.24. The van der Waals surface area contributed by atoms with E-state index in [9.17, 15) is 4.79 Å². The fourth-order valence-electron chi connectivity index (χ4n) is 2.23. The summed E-state index contributed by atoms with van der Waals surface area (Å²) in [5.41, 5.74) is 2.51. The van der Waals surface area contributed by atoms with Crippen molar-refractivity contribution in [3.63, 3.8) is 0 Å². The number of benzene rings is 1. The van der Waals surface area contributed by atoms with Crippen LogP contribution in [0.15, 0.2) is 36.4 Å². The number of nitrogens with zero attached hydrogens (tertiary/aromatic N) is 2.